The minimum Gasteiger partial charge on any atom is -0.342 e. The van der Waals surface area contributed by atoms with Crippen molar-refractivity contribution < 1.29 is 4.79 Å². The van der Waals surface area contributed by atoms with E-state index in [-0.39, 0.29) is 11.9 Å². The highest BCUT2D eigenvalue weighted by molar-refractivity contribution is 6.31. The first-order valence-electron chi connectivity index (χ1n) is 6.60. The molecular formula is C15H23ClN2O. The number of carbonyl (C=O) groups is 1. The number of nitrogens with two attached hydrogens (primary N) is 1. The summed E-state index contributed by atoms with van der Waals surface area (Å²) in [6.45, 7) is 6.75. The Morgan fingerprint density at radius 3 is 2.58 bits per heavy atom. The van der Waals surface area contributed by atoms with E-state index in [1.807, 2.05) is 19.1 Å². The van der Waals surface area contributed by atoms with Crippen LogP contribution in [0.25, 0.3) is 0 Å². The molecule has 0 aromatic heterocycles. The molecule has 19 heavy (non-hydrogen) atoms. The lowest BCUT2D eigenvalue weighted by Gasteiger charge is -2.21. The molecule has 0 aliphatic rings. The van der Waals surface area contributed by atoms with E-state index < -0.39 is 0 Å². The number of carbonyl (C=O) groups excluding carboxylic acids is 1. The van der Waals surface area contributed by atoms with E-state index >= 15 is 0 Å². The zero-order chi connectivity index (χ0) is 14.6. The SMILES string of the molecule is Cc1ccc(C(=O)N(C)CCC(N)C(C)C)cc1Cl. The van der Waals surface area contributed by atoms with Gasteiger partial charge in [0.1, 0.15) is 0 Å². The summed E-state index contributed by atoms with van der Waals surface area (Å²) < 4.78 is 0. The smallest absolute Gasteiger partial charge is 0.253 e. The maximum atomic E-state index is 12.2. The normalized spacial score (nSPS) is 12.6. The van der Waals surface area contributed by atoms with Crippen LogP contribution in [0.15, 0.2) is 18.2 Å². The third-order valence-corrected chi connectivity index (χ3v) is 3.83. The second kappa shape index (κ2) is 6.92. The summed E-state index contributed by atoms with van der Waals surface area (Å²) >= 11 is 6.04. The Morgan fingerprint density at radius 1 is 1.42 bits per heavy atom. The Bertz CT molecular complexity index is 446. The molecule has 1 atom stereocenters. The Morgan fingerprint density at radius 2 is 2.05 bits per heavy atom. The minimum atomic E-state index is -0.0159. The lowest BCUT2D eigenvalue weighted by molar-refractivity contribution is 0.0789. The lowest BCUT2D eigenvalue weighted by Crippen LogP contribution is -2.34. The molecule has 0 saturated heterocycles. The number of hydrogen-bond acceptors (Lipinski definition) is 2. The maximum Gasteiger partial charge on any atom is 0.253 e. The first kappa shape index (κ1) is 16.0. The molecule has 1 aromatic carbocycles. The molecule has 0 heterocycles. The highest BCUT2D eigenvalue weighted by Gasteiger charge is 2.15. The van der Waals surface area contributed by atoms with Crippen molar-refractivity contribution in [3.05, 3.63) is 34.3 Å². The predicted molar refractivity (Wildman–Crippen MR) is 80.6 cm³/mol. The van der Waals surface area contributed by atoms with E-state index in [2.05, 4.69) is 13.8 Å². The van der Waals surface area contributed by atoms with Crippen molar-refractivity contribution in [3.63, 3.8) is 0 Å². The van der Waals surface area contributed by atoms with Crippen molar-refractivity contribution in [2.45, 2.75) is 33.2 Å². The molecule has 4 heteroatoms. The molecule has 2 N–H and O–H groups in total. The Hall–Kier alpha value is -1.06. The molecule has 1 rings (SSSR count). The van der Waals surface area contributed by atoms with Gasteiger partial charge in [0.2, 0.25) is 0 Å². The van der Waals surface area contributed by atoms with Crippen LogP contribution in [0.1, 0.15) is 36.2 Å². The van der Waals surface area contributed by atoms with Gasteiger partial charge in [0.05, 0.1) is 0 Å². The molecular weight excluding hydrogens is 260 g/mol. The van der Waals surface area contributed by atoms with Gasteiger partial charge in [0.25, 0.3) is 5.91 Å². The minimum absolute atomic E-state index is 0.0159. The standard InChI is InChI=1S/C15H23ClN2O/c1-10(2)14(17)7-8-18(4)15(19)12-6-5-11(3)13(16)9-12/h5-6,9-10,14H,7-8,17H2,1-4H3. The largest absolute Gasteiger partial charge is 0.342 e. The Balaban J connectivity index is 2.64. The van der Waals surface area contributed by atoms with Crippen molar-refractivity contribution in [1.29, 1.82) is 0 Å². The zero-order valence-electron chi connectivity index (χ0n) is 12.1. The van der Waals surface area contributed by atoms with E-state index in [4.69, 9.17) is 17.3 Å². The fourth-order valence-electron chi connectivity index (χ4n) is 1.72. The molecule has 0 aliphatic carbocycles. The van der Waals surface area contributed by atoms with Gasteiger partial charge in [-0.1, -0.05) is 31.5 Å². The molecule has 0 spiro atoms. The van der Waals surface area contributed by atoms with Crippen LogP contribution in [-0.2, 0) is 0 Å². The van der Waals surface area contributed by atoms with Crippen LogP contribution in [0.5, 0.6) is 0 Å². The highest BCUT2D eigenvalue weighted by Crippen LogP contribution is 2.17. The molecule has 0 bridgehead atoms. The van der Waals surface area contributed by atoms with Crippen LogP contribution >= 0.6 is 11.6 Å². The van der Waals surface area contributed by atoms with Crippen LogP contribution in [0.4, 0.5) is 0 Å². The van der Waals surface area contributed by atoms with E-state index in [0.717, 1.165) is 12.0 Å². The van der Waals surface area contributed by atoms with E-state index in [0.29, 0.717) is 23.0 Å². The fraction of sp³-hybridized carbons (Fsp3) is 0.533. The van der Waals surface area contributed by atoms with Crippen LogP contribution in [0.2, 0.25) is 5.02 Å². The zero-order valence-corrected chi connectivity index (χ0v) is 12.9. The summed E-state index contributed by atoms with van der Waals surface area (Å²) in [4.78, 5) is 13.9. The number of hydrogen-bond donors (Lipinski definition) is 1. The number of amides is 1. The van der Waals surface area contributed by atoms with Gasteiger partial charge in [-0.25, -0.2) is 0 Å². The monoisotopic (exact) mass is 282 g/mol. The fourth-order valence-corrected chi connectivity index (χ4v) is 1.90. The summed E-state index contributed by atoms with van der Waals surface area (Å²) in [6, 6.07) is 5.51. The quantitative estimate of drug-likeness (QED) is 0.902. The number of rotatable bonds is 5. The van der Waals surface area contributed by atoms with Crippen LogP contribution in [-0.4, -0.2) is 30.4 Å². The summed E-state index contributed by atoms with van der Waals surface area (Å²) in [5, 5.41) is 0.623. The number of aryl methyl sites for hydroxylation is 1. The Labute approximate surface area is 120 Å². The molecule has 0 aliphatic heterocycles. The maximum absolute atomic E-state index is 12.2. The Kier molecular flexibility index (Phi) is 5.83. The summed E-state index contributed by atoms with van der Waals surface area (Å²) in [6.07, 6.45) is 0.805. The topological polar surface area (TPSA) is 46.3 Å². The van der Waals surface area contributed by atoms with Gasteiger partial charge in [-0.15, -0.1) is 0 Å². The van der Waals surface area contributed by atoms with Gasteiger partial charge in [-0.05, 0) is 37.0 Å². The first-order chi connectivity index (χ1) is 8.82. The van der Waals surface area contributed by atoms with Gasteiger partial charge in [-0.3, -0.25) is 4.79 Å². The van der Waals surface area contributed by atoms with E-state index in [9.17, 15) is 4.79 Å². The predicted octanol–water partition coefficient (Wildman–Crippen LogP) is 3.09. The van der Waals surface area contributed by atoms with Gasteiger partial charge < -0.3 is 10.6 Å². The van der Waals surface area contributed by atoms with E-state index in [1.54, 1.807) is 18.0 Å². The third kappa shape index (κ3) is 4.51. The van der Waals surface area contributed by atoms with E-state index in [1.165, 1.54) is 0 Å². The molecule has 3 nitrogen and oxygen atoms in total. The van der Waals surface area contributed by atoms with Crippen molar-refractivity contribution in [1.82, 2.24) is 4.90 Å². The number of halogens is 1. The van der Waals surface area contributed by atoms with Crippen molar-refractivity contribution in [2.75, 3.05) is 13.6 Å². The van der Waals surface area contributed by atoms with Gasteiger partial charge in [-0.2, -0.15) is 0 Å². The molecule has 0 radical (unpaired) electrons. The molecule has 1 unspecified atom stereocenters. The van der Waals surface area contributed by atoms with Crippen molar-refractivity contribution >= 4 is 17.5 Å². The second-order valence-electron chi connectivity index (χ2n) is 5.39. The molecule has 0 fully saturated rings. The van der Waals surface area contributed by atoms with Crippen molar-refractivity contribution in [2.24, 2.45) is 11.7 Å². The average molecular weight is 283 g/mol. The summed E-state index contributed by atoms with van der Waals surface area (Å²) in [7, 11) is 1.79. The second-order valence-corrected chi connectivity index (χ2v) is 5.79. The molecule has 1 amide bonds. The summed E-state index contributed by atoms with van der Waals surface area (Å²) in [5.74, 6) is 0.412. The first-order valence-corrected chi connectivity index (χ1v) is 6.98. The van der Waals surface area contributed by atoms with Crippen LogP contribution < -0.4 is 5.73 Å². The van der Waals surface area contributed by atoms with Crippen molar-refractivity contribution in [3.8, 4) is 0 Å². The highest BCUT2D eigenvalue weighted by atomic mass is 35.5. The van der Waals surface area contributed by atoms with Crippen LogP contribution in [0, 0.1) is 12.8 Å². The lowest BCUT2D eigenvalue weighted by atomic mass is 10.0. The van der Waals surface area contributed by atoms with Gasteiger partial charge >= 0.3 is 0 Å². The van der Waals surface area contributed by atoms with Gasteiger partial charge in [0.15, 0.2) is 0 Å². The molecule has 1 aromatic rings. The third-order valence-electron chi connectivity index (χ3n) is 3.42. The average Bonchev–Trinajstić information content (AvgIpc) is 2.37. The number of benzene rings is 1. The van der Waals surface area contributed by atoms with Gasteiger partial charge in [0, 0.05) is 30.2 Å². The summed E-state index contributed by atoms with van der Waals surface area (Å²) in [5.41, 5.74) is 7.58. The van der Waals surface area contributed by atoms with Crippen LogP contribution in [0.3, 0.4) is 0 Å². The number of nitrogens with zero attached hydrogens (tertiary/aromatic N) is 1. The molecule has 0 saturated carbocycles. The molecule has 106 valence electrons.